The van der Waals surface area contributed by atoms with Crippen molar-refractivity contribution in [3.05, 3.63) is 0 Å². The number of hydrogen-bond donors (Lipinski definition) is 2. The molecule has 0 saturated carbocycles. The van der Waals surface area contributed by atoms with Gasteiger partial charge in [0.15, 0.2) is 5.60 Å². The number of nitrogens with one attached hydrogen (secondary N) is 1. The molecule has 1 heterocycles. The van der Waals surface area contributed by atoms with Crippen LogP contribution in [0.4, 0.5) is 0 Å². The van der Waals surface area contributed by atoms with Gasteiger partial charge in [0.25, 0.3) is 0 Å². The predicted molar refractivity (Wildman–Crippen MR) is 39.9 cm³/mol. The highest BCUT2D eigenvalue weighted by molar-refractivity contribution is 5.85. The van der Waals surface area contributed by atoms with Crippen LogP contribution in [0.25, 0.3) is 0 Å². The van der Waals surface area contributed by atoms with E-state index in [-0.39, 0.29) is 12.4 Å². The van der Waals surface area contributed by atoms with Crippen LogP contribution in [0.3, 0.4) is 0 Å². The molecule has 0 radical (unpaired) electrons. The number of piperidine rings is 1. The molecule has 0 aromatic heterocycles. The number of halogens is 1. The van der Waals surface area contributed by atoms with E-state index >= 15 is 0 Å². The van der Waals surface area contributed by atoms with Crippen LogP contribution in [0.5, 0.6) is 0 Å². The number of aliphatic hydroxyl groups is 1. The van der Waals surface area contributed by atoms with Gasteiger partial charge < -0.3 is 10.4 Å². The molecule has 0 aromatic carbocycles. The Morgan fingerprint density at radius 2 is 1.90 bits per heavy atom. The van der Waals surface area contributed by atoms with Gasteiger partial charge in [-0.1, -0.05) is 0 Å². The summed E-state index contributed by atoms with van der Waals surface area (Å²) in [6.07, 6.45) is 1.12. The van der Waals surface area contributed by atoms with Crippen molar-refractivity contribution in [2.45, 2.75) is 18.4 Å². The maximum atomic E-state index is 9.28. The lowest BCUT2D eigenvalue weighted by Crippen LogP contribution is -2.40. The van der Waals surface area contributed by atoms with E-state index in [9.17, 15) is 5.11 Å². The molecule has 10 heavy (non-hydrogen) atoms. The second kappa shape index (κ2) is 3.77. The molecule has 0 amide bonds. The lowest BCUT2D eigenvalue weighted by Gasteiger charge is -2.25. The van der Waals surface area contributed by atoms with Crippen molar-refractivity contribution < 1.29 is 5.11 Å². The van der Waals surface area contributed by atoms with Crippen molar-refractivity contribution in [3.8, 4) is 6.07 Å². The largest absolute Gasteiger partial charge is 0.375 e. The summed E-state index contributed by atoms with van der Waals surface area (Å²) in [6.45, 7) is 1.51. The van der Waals surface area contributed by atoms with E-state index in [4.69, 9.17) is 5.26 Å². The fraction of sp³-hybridized carbons (Fsp3) is 0.833. The first-order valence-electron chi connectivity index (χ1n) is 3.11. The summed E-state index contributed by atoms with van der Waals surface area (Å²) < 4.78 is 0. The van der Waals surface area contributed by atoms with Crippen molar-refractivity contribution in [2.24, 2.45) is 0 Å². The average molecular weight is 163 g/mol. The van der Waals surface area contributed by atoms with Gasteiger partial charge in [-0.2, -0.15) is 5.26 Å². The molecular formula is C6H11ClN2O. The molecule has 0 spiro atoms. The molecule has 0 atom stereocenters. The van der Waals surface area contributed by atoms with Crippen molar-refractivity contribution in [2.75, 3.05) is 13.1 Å². The van der Waals surface area contributed by atoms with Crippen molar-refractivity contribution in [1.82, 2.24) is 5.32 Å². The Bertz CT molecular complexity index is 137. The van der Waals surface area contributed by atoms with Crippen LogP contribution in [0.2, 0.25) is 0 Å². The zero-order chi connectivity index (χ0) is 6.74. The number of hydrogen-bond acceptors (Lipinski definition) is 3. The second-order valence-electron chi connectivity index (χ2n) is 2.39. The van der Waals surface area contributed by atoms with Gasteiger partial charge in [-0.05, 0) is 13.1 Å². The van der Waals surface area contributed by atoms with E-state index in [1.807, 2.05) is 6.07 Å². The van der Waals surface area contributed by atoms with E-state index in [1.54, 1.807) is 0 Å². The zero-order valence-electron chi connectivity index (χ0n) is 5.63. The molecule has 0 bridgehead atoms. The van der Waals surface area contributed by atoms with Gasteiger partial charge in [0, 0.05) is 12.8 Å². The Balaban J connectivity index is 0.000000810. The van der Waals surface area contributed by atoms with E-state index in [0.717, 1.165) is 13.1 Å². The maximum absolute atomic E-state index is 9.28. The Labute approximate surface area is 66.4 Å². The highest BCUT2D eigenvalue weighted by Crippen LogP contribution is 2.15. The van der Waals surface area contributed by atoms with E-state index in [0.29, 0.717) is 12.8 Å². The third-order valence-corrected chi connectivity index (χ3v) is 1.64. The Kier molecular flexibility index (Phi) is 3.66. The van der Waals surface area contributed by atoms with Gasteiger partial charge in [0.1, 0.15) is 0 Å². The summed E-state index contributed by atoms with van der Waals surface area (Å²) in [6, 6.07) is 1.90. The van der Waals surface area contributed by atoms with Gasteiger partial charge in [-0.3, -0.25) is 0 Å². The Morgan fingerprint density at radius 3 is 2.20 bits per heavy atom. The van der Waals surface area contributed by atoms with Crippen LogP contribution in [-0.4, -0.2) is 23.8 Å². The summed E-state index contributed by atoms with van der Waals surface area (Å²) in [5.41, 5.74) is -1.04. The highest BCUT2D eigenvalue weighted by atomic mass is 35.5. The number of nitrogens with zero attached hydrogens (tertiary/aromatic N) is 1. The lowest BCUT2D eigenvalue weighted by molar-refractivity contribution is 0.0658. The first-order chi connectivity index (χ1) is 4.27. The molecule has 1 saturated heterocycles. The molecule has 4 heteroatoms. The van der Waals surface area contributed by atoms with Crippen LogP contribution >= 0.6 is 12.4 Å². The Hall–Kier alpha value is -0.300. The zero-order valence-corrected chi connectivity index (χ0v) is 6.45. The smallest absolute Gasteiger partial charge is 0.153 e. The molecule has 58 valence electrons. The Morgan fingerprint density at radius 1 is 1.40 bits per heavy atom. The molecule has 0 aliphatic carbocycles. The molecule has 0 aromatic rings. The average Bonchev–Trinajstić information content (AvgIpc) is 1.90. The monoisotopic (exact) mass is 162 g/mol. The maximum Gasteiger partial charge on any atom is 0.153 e. The van der Waals surface area contributed by atoms with Gasteiger partial charge in [-0.25, -0.2) is 0 Å². The van der Waals surface area contributed by atoms with Gasteiger partial charge in [0.2, 0.25) is 0 Å². The summed E-state index contributed by atoms with van der Waals surface area (Å²) in [4.78, 5) is 0. The standard InChI is InChI=1S/C6H10N2O.ClH/c7-5-6(9)1-3-8-4-2-6;/h8-9H,1-4H2;1H. The van der Waals surface area contributed by atoms with E-state index < -0.39 is 5.60 Å². The van der Waals surface area contributed by atoms with Crippen LogP contribution in [0.1, 0.15) is 12.8 Å². The first kappa shape index (κ1) is 9.70. The van der Waals surface area contributed by atoms with Gasteiger partial charge >= 0.3 is 0 Å². The molecular weight excluding hydrogens is 152 g/mol. The molecule has 2 N–H and O–H groups in total. The highest BCUT2D eigenvalue weighted by Gasteiger charge is 2.27. The topological polar surface area (TPSA) is 56.0 Å². The lowest BCUT2D eigenvalue weighted by atomic mass is 9.95. The molecule has 1 fully saturated rings. The third-order valence-electron chi connectivity index (χ3n) is 1.64. The quantitative estimate of drug-likeness (QED) is 0.495. The molecule has 0 unspecified atom stereocenters. The third kappa shape index (κ3) is 2.14. The molecule has 3 nitrogen and oxygen atoms in total. The minimum Gasteiger partial charge on any atom is -0.375 e. The summed E-state index contributed by atoms with van der Waals surface area (Å²) in [7, 11) is 0. The molecule has 1 rings (SSSR count). The normalized spacial score (nSPS) is 22.4. The number of nitriles is 1. The molecule has 1 aliphatic rings. The SMILES string of the molecule is Cl.N#CC1(O)CCNCC1. The van der Waals surface area contributed by atoms with Gasteiger partial charge in [-0.15, -0.1) is 12.4 Å². The fourth-order valence-electron chi connectivity index (χ4n) is 0.952. The predicted octanol–water partition coefficient (Wildman–Crippen LogP) is 0.0463. The summed E-state index contributed by atoms with van der Waals surface area (Å²) in [5.74, 6) is 0. The van der Waals surface area contributed by atoms with Crippen molar-refractivity contribution in [3.63, 3.8) is 0 Å². The first-order valence-corrected chi connectivity index (χ1v) is 3.11. The summed E-state index contributed by atoms with van der Waals surface area (Å²) in [5, 5.41) is 20.8. The second-order valence-corrected chi connectivity index (χ2v) is 2.39. The van der Waals surface area contributed by atoms with Crippen LogP contribution in [-0.2, 0) is 0 Å². The van der Waals surface area contributed by atoms with Crippen LogP contribution in [0, 0.1) is 11.3 Å². The fourth-order valence-corrected chi connectivity index (χ4v) is 0.952. The van der Waals surface area contributed by atoms with Crippen molar-refractivity contribution >= 4 is 12.4 Å². The summed E-state index contributed by atoms with van der Waals surface area (Å²) >= 11 is 0. The van der Waals surface area contributed by atoms with E-state index in [1.165, 1.54) is 0 Å². The van der Waals surface area contributed by atoms with Crippen LogP contribution in [0.15, 0.2) is 0 Å². The number of rotatable bonds is 0. The van der Waals surface area contributed by atoms with Gasteiger partial charge in [0.05, 0.1) is 6.07 Å². The minimum absolute atomic E-state index is 0. The van der Waals surface area contributed by atoms with Crippen LogP contribution < -0.4 is 5.32 Å². The molecule has 1 aliphatic heterocycles. The minimum atomic E-state index is -1.04. The van der Waals surface area contributed by atoms with Crippen molar-refractivity contribution in [1.29, 1.82) is 5.26 Å². The van der Waals surface area contributed by atoms with E-state index in [2.05, 4.69) is 5.32 Å².